The van der Waals surface area contributed by atoms with Crippen molar-refractivity contribution in [1.82, 2.24) is 19.9 Å². The van der Waals surface area contributed by atoms with E-state index in [1.54, 1.807) is 18.5 Å². The lowest BCUT2D eigenvalue weighted by Gasteiger charge is -2.21. The summed E-state index contributed by atoms with van der Waals surface area (Å²) in [5, 5.41) is 4.25. The highest BCUT2D eigenvalue weighted by Gasteiger charge is 2.25. The first-order valence-electron chi connectivity index (χ1n) is 10.6. The van der Waals surface area contributed by atoms with E-state index in [4.69, 9.17) is 28.2 Å². The van der Waals surface area contributed by atoms with Crippen LogP contribution in [0.5, 0.6) is 0 Å². The van der Waals surface area contributed by atoms with Gasteiger partial charge >= 0.3 is 0 Å². The number of pyridine rings is 1. The molecule has 4 rings (SSSR count). The summed E-state index contributed by atoms with van der Waals surface area (Å²) in [4.78, 5) is 22.3. The standard InChI is InChI=1S/C25H24Cl2N4O/c1-2-6-23(25(32)29-16-17-7-5-12-28-15-17)31-22-9-4-3-8-21(22)30-24(31)13-18-10-11-19(26)14-20(18)27/h3-5,7-12,14-15,23H,2,6,13,16H2,1H3,(H,29,32)/t23-/m1/s1. The molecule has 1 atom stereocenters. The fraction of sp³-hybridized carbons (Fsp3) is 0.240. The second-order valence-corrected chi connectivity index (χ2v) is 8.53. The van der Waals surface area contributed by atoms with Crippen molar-refractivity contribution in [2.75, 3.05) is 0 Å². The summed E-state index contributed by atoms with van der Waals surface area (Å²) in [5.41, 5.74) is 3.66. The molecule has 0 radical (unpaired) electrons. The molecule has 0 saturated heterocycles. The lowest BCUT2D eigenvalue weighted by atomic mass is 10.1. The van der Waals surface area contributed by atoms with Gasteiger partial charge < -0.3 is 9.88 Å². The number of imidazole rings is 1. The van der Waals surface area contributed by atoms with Gasteiger partial charge in [-0.25, -0.2) is 4.98 Å². The third-order valence-electron chi connectivity index (χ3n) is 5.40. The SMILES string of the molecule is CCC[C@H](C(=O)NCc1cccnc1)n1c(Cc2ccc(Cl)cc2Cl)nc2ccccc21. The molecule has 0 unspecified atom stereocenters. The van der Waals surface area contributed by atoms with Crippen LogP contribution in [0.25, 0.3) is 11.0 Å². The van der Waals surface area contributed by atoms with Crippen LogP contribution in [0.15, 0.2) is 67.0 Å². The van der Waals surface area contributed by atoms with Gasteiger partial charge in [0.25, 0.3) is 0 Å². The number of fused-ring (bicyclic) bond motifs is 1. The molecule has 0 fully saturated rings. The Balaban J connectivity index is 1.70. The molecule has 5 nitrogen and oxygen atoms in total. The molecule has 7 heteroatoms. The van der Waals surface area contributed by atoms with Crippen molar-refractivity contribution in [3.05, 3.63) is 94.0 Å². The topological polar surface area (TPSA) is 59.8 Å². The van der Waals surface area contributed by atoms with Crippen molar-refractivity contribution < 1.29 is 4.79 Å². The number of carbonyl (C=O) groups excluding carboxylic acids is 1. The van der Waals surface area contributed by atoms with Crippen LogP contribution < -0.4 is 5.32 Å². The molecule has 1 amide bonds. The third-order valence-corrected chi connectivity index (χ3v) is 5.99. The van der Waals surface area contributed by atoms with E-state index in [0.29, 0.717) is 29.4 Å². The highest BCUT2D eigenvalue weighted by Crippen LogP contribution is 2.29. The molecule has 0 spiro atoms. The molecule has 32 heavy (non-hydrogen) atoms. The second kappa shape index (κ2) is 10.2. The van der Waals surface area contributed by atoms with Crippen molar-refractivity contribution in [2.45, 2.75) is 38.8 Å². The molecule has 0 saturated carbocycles. The van der Waals surface area contributed by atoms with Crippen LogP contribution in [0, 0.1) is 0 Å². The average Bonchev–Trinajstić information content (AvgIpc) is 3.16. The van der Waals surface area contributed by atoms with Gasteiger partial charge in [0, 0.05) is 35.4 Å². The Hall–Kier alpha value is -2.89. The number of rotatable bonds is 8. The second-order valence-electron chi connectivity index (χ2n) is 7.68. The molecule has 2 aromatic carbocycles. The van der Waals surface area contributed by atoms with Gasteiger partial charge in [-0.05, 0) is 47.9 Å². The minimum atomic E-state index is -0.384. The fourth-order valence-electron chi connectivity index (χ4n) is 3.86. The maximum atomic E-state index is 13.3. The maximum Gasteiger partial charge on any atom is 0.243 e. The molecule has 164 valence electrons. The average molecular weight is 467 g/mol. The number of halogens is 2. The summed E-state index contributed by atoms with van der Waals surface area (Å²) in [7, 11) is 0. The first-order chi connectivity index (χ1) is 15.6. The van der Waals surface area contributed by atoms with Crippen LogP contribution in [0.3, 0.4) is 0 Å². The highest BCUT2D eigenvalue weighted by atomic mass is 35.5. The molecule has 0 aliphatic rings. The minimum absolute atomic E-state index is 0.0395. The Morgan fingerprint density at radius 2 is 1.97 bits per heavy atom. The number of hydrogen-bond acceptors (Lipinski definition) is 3. The number of nitrogens with one attached hydrogen (secondary N) is 1. The summed E-state index contributed by atoms with van der Waals surface area (Å²) < 4.78 is 2.06. The van der Waals surface area contributed by atoms with Crippen molar-refractivity contribution in [2.24, 2.45) is 0 Å². The molecule has 4 aromatic rings. The summed E-state index contributed by atoms with van der Waals surface area (Å²) in [6, 6.07) is 16.8. The van der Waals surface area contributed by atoms with E-state index < -0.39 is 0 Å². The van der Waals surface area contributed by atoms with Crippen LogP contribution in [-0.4, -0.2) is 20.4 Å². The van der Waals surface area contributed by atoms with Crippen LogP contribution in [0.1, 0.15) is 42.8 Å². The lowest BCUT2D eigenvalue weighted by molar-refractivity contribution is -0.124. The molecule has 0 bridgehead atoms. The van der Waals surface area contributed by atoms with Crippen LogP contribution >= 0.6 is 23.2 Å². The van der Waals surface area contributed by atoms with Crippen LogP contribution in [0.2, 0.25) is 10.0 Å². The van der Waals surface area contributed by atoms with Gasteiger partial charge in [0.15, 0.2) is 0 Å². The van der Waals surface area contributed by atoms with E-state index in [1.165, 1.54) is 0 Å². The first kappa shape index (κ1) is 22.3. The van der Waals surface area contributed by atoms with Gasteiger partial charge in [-0.1, -0.05) is 60.8 Å². The number of nitrogens with zero attached hydrogens (tertiary/aromatic N) is 3. The molecule has 0 aliphatic carbocycles. The Kier molecular flexibility index (Phi) is 7.08. The summed E-state index contributed by atoms with van der Waals surface area (Å²) in [5.74, 6) is 0.757. The van der Waals surface area contributed by atoms with E-state index in [0.717, 1.165) is 34.4 Å². The predicted octanol–water partition coefficient (Wildman–Crippen LogP) is 5.99. The molecule has 2 aromatic heterocycles. The van der Waals surface area contributed by atoms with E-state index in [9.17, 15) is 4.79 Å². The zero-order chi connectivity index (χ0) is 22.5. The van der Waals surface area contributed by atoms with Gasteiger partial charge in [0.05, 0.1) is 11.0 Å². The molecule has 1 N–H and O–H groups in total. The van der Waals surface area contributed by atoms with Gasteiger partial charge in [0.2, 0.25) is 5.91 Å². The minimum Gasteiger partial charge on any atom is -0.350 e. The number of amides is 1. The Labute approximate surface area is 197 Å². The van der Waals surface area contributed by atoms with Gasteiger partial charge in [-0.3, -0.25) is 9.78 Å². The summed E-state index contributed by atoms with van der Waals surface area (Å²) >= 11 is 12.5. The number of carbonyl (C=O) groups is 1. The fourth-order valence-corrected chi connectivity index (χ4v) is 4.34. The summed E-state index contributed by atoms with van der Waals surface area (Å²) in [6.07, 6.45) is 5.53. The smallest absolute Gasteiger partial charge is 0.243 e. The quantitative estimate of drug-likeness (QED) is 0.347. The highest BCUT2D eigenvalue weighted by molar-refractivity contribution is 6.35. The van der Waals surface area contributed by atoms with E-state index >= 15 is 0 Å². The number of hydrogen-bond donors (Lipinski definition) is 1. The largest absolute Gasteiger partial charge is 0.350 e. The molecule has 2 heterocycles. The zero-order valence-corrected chi connectivity index (χ0v) is 19.3. The predicted molar refractivity (Wildman–Crippen MR) is 129 cm³/mol. The third kappa shape index (κ3) is 4.95. The van der Waals surface area contributed by atoms with E-state index in [1.807, 2.05) is 48.5 Å². The van der Waals surface area contributed by atoms with Crippen molar-refractivity contribution >= 4 is 40.1 Å². The maximum absolute atomic E-state index is 13.3. The Morgan fingerprint density at radius 1 is 1.12 bits per heavy atom. The van der Waals surface area contributed by atoms with E-state index in [-0.39, 0.29) is 11.9 Å². The van der Waals surface area contributed by atoms with Gasteiger partial charge in [-0.15, -0.1) is 0 Å². The lowest BCUT2D eigenvalue weighted by Crippen LogP contribution is -2.33. The number of benzene rings is 2. The van der Waals surface area contributed by atoms with E-state index in [2.05, 4.69) is 21.8 Å². The monoisotopic (exact) mass is 466 g/mol. The van der Waals surface area contributed by atoms with Crippen molar-refractivity contribution in [1.29, 1.82) is 0 Å². The molecule has 0 aliphatic heterocycles. The number of aromatic nitrogens is 3. The Morgan fingerprint density at radius 3 is 2.72 bits per heavy atom. The molecular formula is C25H24Cl2N4O. The normalized spacial score (nSPS) is 12.1. The van der Waals surface area contributed by atoms with Crippen LogP contribution in [-0.2, 0) is 17.8 Å². The van der Waals surface area contributed by atoms with Crippen molar-refractivity contribution in [3.63, 3.8) is 0 Å². The van der Waals surface area contributed by atoms with Crippen LogP contribution in [0.4, 0.5) is 0 Å². The first-order valence-corrected chi connectivity index (χ1v) is 11.4. The summed E-state index contributed by atoms with van der Waals surface area (Å²) in [6.45, 7) is 2.51. The van der Waals surface area contributed by atoms with Crippen molar-refractivity contribution in [3.8, 4) is 0 Å². The zero-order valence-electron chi connectivity index (χ0n) is 17.8. The molecular weight excluding hydrogens is 443 g/mol. The van der Waals surface area contributed by atoms with Gasteiger partial charge in [0.1, 0.15) is 11.9 Å². The Bertz CT molecular complexity index is 1220. The number of para-hydroxylation sites is 2. The van der Waals surface area contributed by atoms with Gasteiger partial charge in [-0.2, -0.15) is 0 Å².